The molecule has 0 fully saturated rings. The van der Waals surface area contributed by atoms with E-state index in [1.165, 1.54) is 0 Å². The Labute approximate surface area is 39.3 Å². The van der Waals surface area contributed by atoms with Crippen LogP contribution in [-0.4, -0.2) is 15.2 Å². The normalized spacial score (nSPS) is 6.00. The molecule has 0 aromatic carbocycles. The smallest absolute Gasteiger partial charge is 0.412 e. The third-order valence-corrected chi connectivity index (χ3v) is 0. The first-order chi connectivity index (χ1) is 1.73. The lowest BCUT2D eigenvalue weighted by Crippen LogP contribution is -2.30. The monoisotopic (exact) mass is 164 g/mol. The van der Waals surface area contributed by atoms with Gasteiger partial charge in [0.15, 0.2) is 0 Å². The highest BCUT2D eigenvalue weighted by Gasteiger charge is 1.86. The molecule has 5 N–H and O–H groups in total. The molecule has 0 saturated heterocycles. The molecule has 0 atom stereocenters. The summed E-state index contributed by atoms with van der Waals surface area (Å²) in [5, 5.41) is 0. The van der Waals surface area contributed by atoms with E-state index in [0.29, 0.717) is 0 Å². The quantitative estimate of drug-likeness (QED) is 0.387. The van der Waals surface area contributed by atoms with Gasteiger partial charge in [0.1, 0.15) is 0 Å². The van der Waals surface area contributed by atoms with Gasteiger partial charge in [-0.25, -0.2) is 0 Å². The second-order valence-electron chi connectivity index (χ2n) is 0.201. The van der Waals surface area contributed by atoms with E-state index in [2.05, 4.69) is 0 Å². The number of halogens is 1. The minimum atomic E-state index is -3.40. The summed E-state index contributed by atoms with van der Waals surface area (Å²) >= 11 is -3.40. The van der Waals surface area contributed by atoms with Crippen LogP contribution in [0.5, 0.6) is 0 Å². The SMILES string of the molecule is O.O.[O-][Br+2]([O-])O. The van der Waals surface area contributed by atoms with Crippen LogP contribution in [0.25, 0.3) is 0 Å². The highest BCUT2D eigenvalue weighted by molar-refractivity contribution is 1.94. The van der Waals surface area contributed by atoms with Gasteiger partial charge >= 0.3 is 14.8 Å². The maximum Gasteiger partial charge on any atom is 0.433 e. The molecule has 0 bridgehead atoms. The average Bonchev–Trinajstić information content (AvgIpc) is 0.811. The van der Waals surface area contributed by atoms with Crippen molar-refractivity contribution in [1.29, 1.82) is 0 Å². The van der Waals surface area contributed by atoms with E-state index in [9.17, 15) is 0 Å². The molecule has 0 spiro atoms. The maximum atomic E-state index is 8.63. The van der Waals surface area contributed by atoms with Crippen LogP contribution in [0.4, 0.5) is 0 Å². The van der Waals surface area contributed by atoms with Gasteiger partial charge in [-0.15, -0.1) is 0 Å². The van der Waals surface area contributed by atoms with Crippen molar-refractivity contribution in [1.82, 2.24) is 0 Å². The van der Waals surface area contributed by atoms with Crippen LogP contribution in [-0.2, 0) is 0 Å². The van der Waals surface area contributed by atoms with Crippen LogP contribution in [0.15, 0.2) is 0 Å². The molecule has 0 aliphatic rings. The third kappa shape index (κ3) is 587. The predicted octanol–water partition coefficient (Wildman–Crippen LogP) is -4.58. The summed E-state index contributed by atoms with van der Waals surface area (Å²) in [5.74, 6) is 0. The number of hydrogen-bond acceptors (Lipinski definition) is 3. The Morgan fingerprint density at radius 2 is 1.17 bits per heavy atom. The van der Waals surface area contributed by atoms with E-state index in [1.54, 1.807) is 0 Å². The second-order valence-corrected chi connectivity index (χ2v) is 1.04. The average molecular weight is 165 g/mol. The largest absolute Gasteiger partial charge is 0.433 e. The minimum Gasteiger partial charge on any atom is -0.412 e. The van der Waals surface area contributed by atoms with Crippen LogP contribution < -0.4 is 8.40 Å². The first kappa shape index (κ1) is 16.3. The summed E-state index contributed by atoms with van der Waals surface area (Å²) in [6.07, 6.45) is 0. The molecule has 5 nitrogen and oxygen atoms in total. The summed E-state index contributed by atoms with van der Waals surface area (Å²) in [4.78, 5) is 0. The van der Waals surface area contributed by atoms with Crippen molar-refractivity contribution in [3.63, 3.8) is 0 Å². The molecular weight excluding hydrogens is 160 g/mol. The summed E-state index contributed by atoms with van der Waals surface area (Å²) < 4.78 is 24.3. The Hall–Kier alpha value is 0.280. The fourth-order valence-corrected chi connectivity index (χ4v) is 0. The third-order valence-electron chi connectivity index (χ3n) is 0. The second kappa shape index (κ2) is 8.99. The Kier molecular flexibility index (Phi) is 24.4. The van der Waals surface area contributed by atoms with Crippen LogP contribution in [0, 0.1) is 14.8 Å². The zero-order valence-electron chi connectivity index (χ0n) is 2.64. The zero-order valence-corrected chi connectivity index (χ0v) is 4.23. The van der Waals surface area contributed by atoms with E-state index in [4.69, 9.17) is 12.6 Å². The topological polar surface area (TPSA) is 129 Å². The maximum absolute atomic E-state index is 8.63. The van der Waals surface area contributed by atoms with Gasteiger partial charge in [0, 0.05) is 0 Å². The molecule has 0 aliphatic heterocycles. The van der Waals surface area contributed by atoms with Crippen molar-refractivity contribution < 1.29 is 38.4 Å². The first-order valence-electron chi connectivity index (χ1n) is 0.478. The molecule has 0 unspecified atom stereocenters. The molecular formula is H5BrO5. The molecule has 0 aromatic heterocycles. The predicted molar refractivity (Wildman–Crippen MR) is 9.45 cm³/mol. The molecule has 42 valence electrons. The Morgan fingerprint density at radius 1 is 1.17 bits per heavy atom. The van der Waals surface area contributed by atoms with E-state index in [0.717, 1.165) is 0 Å². The van der Waals surface area contributed by atoms with E-state index < -0.39 is 14.8 Å². The first-order valence-corrected chi connectivity index (χ1v) is 2.48. The molecule has 0 radical (unpaired) electrons. The van der Waals surface area contributed by atoms with Crippen molar-refractivity contribution in [2.24, 2.45) is 0 Å². The van der Waals surface area contributed by atoms with Crippen LogP contribution in [0.2, 0.25) is 0 Å². The van der Waals surface area contributed by atoms with Crippen LogP contribution in [0.1, 0.15) is 0 Å². The van der Waals surface area contributed by atoms with E-state index >= 15 is 0 Å². The molecule has 6 heteroatoms. The summed E-state index contributed by atoms with van der Waals surface area (Å²) in [5.41, 5.74) is 0. The van der Waals surface area contributed by atoms with Crippen molar-refractivity contribution >= 4 is 0 Å². The van der Waals surface area contributed by atoms with Gasteiger partial charge in [0.05, 0.1) is 0 Å². The molecule has 6 heavy (non-hydrogen) atoms. The lowest BCUT2D eigenvalue weighted by atomic mass is 16.0. The van der Waals surface area contributed by atoms with Crippen molar-refractivity contribution in [2.45, 2.75) is 0 Å². The summed E-state index contributed by atoms with van der Waals surface area (Å²) in [6, 6.07) is 0. The van der Waals surface area contributed by atoms with Gasteiger partial charge in [-0.05, 0) is 4.20 Å². The lowest BCUT2D eigenvalue weighted by molar-refractivity contribution is -1.63. The van der Waals surface area contributed by atoms with Gasteiger partial charge in [-0.2, -0.15) is 0 Å². The Bertz CT molecular complexity index is 8.66. The summed E-state index contributed by atoms with van der Waals surface area (Å²) in [6.45, 7) is 0. The van der Waals surface area contributed by atoms with Gasteiger partial charge in [-0.3, -0.25) is 0 Å². The van der Waals surface area contributed by atoms with Crippen molar-refractivity contribution in [2.75, 3.05) is 0 Å². The Balaban J connectivity index is -0.0000000450. The molecule has 0 amide bonds. The molecule has 0 aromatic rings. The number of hydrogen-bond donors (Lipinski definition) is 1. The highest BCUT2D eigenvalue weighted by atomic mass is 80.0. The summed E-state index contributed by atoms with van der Waals surface area (Å²) in [7, 11) is 0. The van der Waals surface area contributed by atoms with Crippen LogP contribution in [0.3, 0.4) is 0 Å². The van der Waals surface area contributed by atoms with Gasteiger partial charge < -0.3 is 19.3 Å². The Morgan fingerprint density at radius 3 is 1.17 bits per heavy atom. The molecule has 0 heterocycles. The van der Waals surface area contributed by atoms with Crippen molar-refractivity contribution in [3.05, 3.63) is 0 Å². The molecule has 0 saturated carbocycles. The zero-order chi connectivity index (χ0) is 3.58. The highest BCUT2D eigenvalue weighted by Crippen LogP contribution is 1.38. The minimum absolute atomic E-state index is 0. The molecule has 0 aliphatic carbocycles. The van der Waals surface area contributed by atoms with Crippen molar-refractivity contribution in [3.8, 4) is 0 Å². The lowest BCUT2D eigenvalue weighted by Gasteiger charge is -1.69. The van der Waals surface area contributed by atoms with E-state index in [1.807, 2.05) is 0 Å². The van der Waals surface area contributed by atoms with E-state index in [-0.39, 0.29) is 11.0 Å². The fraction of sp³-hybridized carbons (Fsp3) is 0. The number of rotatable bonds is 0. The molecule has 0 rings (SSSR count). The van der Waals surface area contributed by atoms with Gasteiger partial charge in [0.25, 0.3) is 0 Å². The van der Waals surface area contributed by atoms with Crippen LogP contribution >= 0.6 is 0 Å². The fourth-order valence-electron chi connectivity index (χ4n) is 0. The van der Waals surface area contributed by atoms with Gasteiger partial charge in [0.2, 0.25) is 0 Å². The van der Waals surface area contributed by atoms with Gasteiger partial charge in [-0.1, -0.05) is 0 Å². The standard InChI is InChI=1S/BrHO3.2H2O/c2-1(3)4;;/h2H;2*1H2.